The molecule has 3 N–H and O–H groups in total. The number of hydrogen-bond acceptors (Lipinski definition) is 3. The van der Waals surface area contributed by atoms with Gasteiger partial charge in [0, 0.05) is 6.54 Å². The average molecular weight is 248 g/mol. The van der Waals surface area contributed by atoms with Crippen molar-refractivity contribution in [2.45, 2.75) is 31.9 Å². The third kappa shape index (κ3) is 2.71. The Balaban J connectivity index is 2.06. The topological polar surface area (TPSA) is 64.3 Å². The van der Waals surface area contributed by atoms with Crippen LogP contribution in [0.15, 0.2) is 24.3 Å². The second-order valence-corrected chi connectivity index (χ2v) is 5.18. The van der Waals surface area contributed by atoms with Crippen molar-refractivity contribution >= 4 is 5.91 Å². The summed E-state index contributed by atoms with van der Waals surface area (Å²) in [4.78, 5) is 11.3. The van der Waals surface area contributed by atoms with Crippen LogP contribution in [0.4, 0.5) is 0 Å². The molecule has 98 valence electrons. The highest BCUT2D eigenvalue weighted by atomic mass is 16.5. The van der Waals surface area contributed by atoms with E-state index in [1.165, 1.54) is 11.1 Å². The van der Waals surface area contributed by atoms with Gasteiger partial charge in [0.05, 0.1) is 18.2 Å². The molecule has 1 aliphatic heterocycles. The molecule has 4 nitrogen and oxygen atoms in total. The number of benzene rings is 1. The second-order valence-electron chi connectivity index (χ2n) is 5.18. The van der Waals surface area contributed by atoms with Crippen molar-refractivity contribution in [3.63, 3.8) is 0 Å². The highest BCUT2D eigenvalue weighted by Crippen LogP contribution is 2.26. The largest absolute Gasteiger partial charge is 0.372 e. The van der Waals surface area contributed by atoms with Gasteiger partial charge >= 0.3 is 0 Å². The van der Waals surface area contributed by atoms with Gasteiger partial charge in [-0.2, -0.15) is 0 Å². The molecule has 1 aliphatic rings. The van der Waals surface area contributed by atoms with Gasteiger partial charge < -0.3 is 15.8 Å². The number of fused-ring (bicyclic) bond motifs is 1. The molecule has 2 rings (SSSR count). The van der Waals surface area contributed by atoms with Crippen molar-refractivity contribution in [3.05, 3.63) is 35.4 Å². The van der Waals surface area contributed by atoms with Crippen molar-refractivity contribution in [2.75, 3.05) is 13.2 Å². The molecule has 18 heavy (non-hydrogen) atoms. The minimum absolute atomic E-state index is 0.00595. The summed E-state index contributed by atoms with van der Waals surface area (Å²) >= 11 is 0. The Labute approximate surface area is 108 Å². The van der Waals surface area contributed by atoms with Crippen molar-refractivity contribution in [3.8, 4) is 0 Å². The molecule has 1 heterocycles. The van der Waals surface area contributed by atoms with Crippen molar-refractivity contribution in [1.82, 2.24) is 5.32 Å². The molecule has 0 aromatic heterocycles. The van der Waals surface area contributed by atoms with Crippen molar-refractivity contribution in [1.29, 1.82) is 0 Å². The Kier molecular flexibility index (Phi) is 3.68. The number of carbonyl (C=O) groups is 1. The minimum atomic E-state index is -0.713. The van der Waals surface area contributed by atoms with Crippen LogP contribution in [0.1, 0.15) is 31.1 Å². The van der Waals surface area contributed by atoms with Crippen LogP contribution in [-0.4, -0.2) is 24.6 Å². The molecule has 0 bridgehead atoms. The van der Waals surface area contributed by atoms with Gasteiger partial charge in [-0.1, -0.05) is 24.3 Å². The lowest BCUT2D eigenvalue weighted by molar-refractivity contribution is -0.123. The smallest absolute Gasteiger partial charge is 0.237 e. The van der Waals surface area contributed by atoms with E-state index >= 15 is 0 Å². The first-order chi connectivity index (χ1) is 8.50. The summed E-state index contributed by atoms with van der Waals surface area (Å²) in [6, 6.07) is 8.27. The SMILES string of the molecule is CC(C)(NCC1OCCc2ccccc21)C(N)=O. The minimum Gasteiger partial charge on any atom is -0.372 e. The van der Waals surface area contributed by atoms with E-state index < -0.39 is 5.54 Å². The lowest BCUT2D eigenvalue weighted by Gasteiger charge is -2.30. The zero-order chi connectivity index (χ0) is 13.2. The number of nitrogens with two attached hydrogens (primary N) is 1. The van der Waals surface area contributed by atoms with E-state index in [1.807, 2.05) is 12.1 Å². The van der Waals surface area contributed by atoms with Gasteiger partial charge in [-0.15, -0.1) is 0 Å². The van der Waals surface area contributed by atoms with Crippen LogP contribution in [0.2, 0.25) is 0 Å². The van der Waals surface area contributed by atoms with E-state index in [1.54, 1.807) is 13.8 Å². The third-order valence-electron chi connectivity index (χ3n) is 3.44. The van der Waals surface area contributed by atoms with Crippen molar-refractivity contribution in [2.24, 2.45) is 5.73 Å². The number of nitrogens with one attached hydrogen (secondary N) is 1. The lowest BCUT2D eigenvalue weighted by Crippen LogP contribution is -2.52. The summed E-state index contributed by atoms with van der Waals surface area (Å²) in [5.74, 6) is -0.355. The first-order valence-corrected chi connectivity index (χ1v) is 6.25. The maximum Gasteiger partial charge on any atom is 0.237 e. The quantitative estimate of drug-likeness (QED) is 0.840. The summed E-state index contributed by atoms with van der Waals surface area (Å²) in [5, 5.41) is 3.17. The molecular formula is C14H20N2O2. The summed E-state index contributed by atoms with van der Waals surface area (Å²) < 4.78 is 5.76. The Morgan fingerprint density at radius 1 is 1.50 bits per heavy atom. The zero-order valence-corrected chi connectivity index (χ0v) is 10.9. The van der Waals surface area contributed by atoms with Crippen LogP contribution in [0, 0.1) is 0 Å². The fraction of sp³-hybridized carbons (Fsp3) is 0.500. The zero-order valence-electron chi connectivity index (χ0n) is 10.9. The van der Waals surface area contributed by atoms with E-state index in [-0.39, 0.29) is 12.0 Å². The first-order valence-electron chi connectivity index (χ1n) is 6.25. The molecule has 0 spiro atoms. The molecule has 0 radical (unpaired) electrons. The predicted octanol–water partition coefficient (Wildman–Crippen LogP) is 1.15. The monoisotopic (exact) mass is 248 g/mol. The maximum atomic E-state index is 11.3. The van der Waals surface area contributed by atoms with E-state index in [0.717, 1.165) is 13.0 Å². The molecule has 1 amide bonds. The van der Waals surface area contributed by atoms with E-state index in [2.05, 4.69) is 17.4 Å². The maximum absolute atomic E-state index is 11.3. The van der Waals surface area contributed by atoms with Gasteiger partial charge in [0.15, 0.2) is 0 Å². The lowest BCUT2D eigenvalue weighted by atomic mass is 9.96. The summed E-state index contributed by atoms with van der Waals surface area (Å²) in [7, 11) is 0. The fourth-order valence-electron chi connectivity index (χ4n) is 2.08. The molecule has 0 saturated carbocycles. The molecule has 0 aliphatic carbocycles. The third-order valence-corrected chi connectivity index (χ3v) is 3.44. The van der Waals surface area contributed by atoms with Gasteiger partial charge in [0.2, 0.25) is 5.91 Å². The van der Waals surface area contributed by atoms with Gasteiger partial charge in [0.25, 0.3) is 0 Å². The molecule has 1 aromatic rings. The number of amides is 1. The number of hydrogen-bond donors (Lipinski definition) is 2. The Hall–Kier alpha value is -1.39. The van der Waals surface area contributed by atoms with Crippen molar-refractivity contribution < 1.29 is 9.53 Å². The highest BCUT2D eigenvalue weighted by molar-refractivity contribution is 5.83. The highest BCUT2D eigenvalue weighted by Gasteiger charge is 2.27. The summed E-state index contributed by atoms with van der Waals surface area (Å²) in [5.41, 5.74) is 7.16. The van der Waals surface area contributed by atoms with Crippen LogP contribution in [0.25, 0.3) is 0 Å². The molecule has 1 aromatic carbocycles. The molecule has 0 saturated heterocycles. The van der Waals surface area contributed by atoms with Gasteiger partial charge in [-0.25, -0.2) is 0 Å². The van der Waals surface area contributed by atoms with Crippen LogP contribution in [-0.2, 0) is 16.0 Å². The van der Waals surface area contributed by atoms with E-state index in [4.69, 9.17) is 10.5 Å². The molecule has 4 heteroatoms. The van der Waals surface area contributed by atoms with E-state index in [9.17, 15) is 4.79 Å². The molecule has 0 fully saturated rings. The van der Waals surface area contributed by atoms with Crippen LogP contribution in [0.3, 0.4) is 0 Å². The predicted molar refractivity (Wildman–Crippen MR) is 70.1 cm³/mol. The first kappa shape index (κ1) is 13.1. The number of carbonyl (C=O) groups excluding carboxylic acids is 1. The number of ether oxygens (including phenoxy) is 1. The van der Waals surface area contributed by atoms with E-state index in [0.29, 0.717) is 6.54 Å². The van der Waals surface area contributed by atoms with Crippen LogP contribution >= 0.6 is 0 Å². The Morgan fingerprint density at radius 3 is 2.94 bits per heavy atom. The Morgan fingerprint density at radius 2 is 2.22 bits per heavy atom. The second kappa shape index (κ2) is 5.08. The molecule has 1 atom stereocenters. The van der Waals surface area contributed by atoms with Gasteiger partial charge in [-0.05, 0) is 31.4 Å². The molecule has 1 unspecified atom stereocenters. The summed E-state index contributed by atoms with van der Waals surface area (Å²) in [6.45, 7) is 4.88. The normalized spacial score (nSPS) is 19.3. The fourth-order valence-corrected chi connectivity index (χ4v) is 2.08. The van der Waals surface area contributed by atoms with Crippen LogP contribution < -0.4 is 11.1 Å². The number of rotatable bonds is 4. The standard InChI is InChI=1S/C14H20N2O2/c1-14(2,13(15)17)16-9-12-11-6-4-3-5-10(11)7-8-18-12/h3-6,12,16H,7-9H2,1-2H3,(H2,15,17). The summed E-state index contributed by atoms with van der Waals surface area (Å²) in [6.07, 6.45) is 0.944. The average Bonchev–Trinajstić information content (AvgIpc) is 2.36. The Bertz CT molecular complexity index is 443. The van der Waals surface area contributed by atoms with Crippen LogP contribution in [0.5, 0.6) is 0 Å². The van der Waals surface area contributed by atoms with Gasteiger partial charge in [0.1, 0.15) is 0 Å². The molecular weight excluding hydrogens is 228 g/mol. The van der Waals surface area contributed by atoms with Gasteiger partial charge in [-0.3, -0.25) is 4.79 Å². The number of primary amides is 1.